The maximum Gasteiger partial charge on any atom is 0.327 e. The number of hydrogen-bond donors (Lipinski definition) is 0. The van der Waals surface area contributed by atoms with E-state index in [4.69, 9.17) is 0 Å². The summed E-state index contributed by atoms with van der Waals surface area (Å²) in [6, 6.07) is 10.3. The second-order valence-electron chi connectivity index (χ2n) is 6.39. The number of anilines is 1. The van der Waals surface area contributed by atoms with Gasteiger partial charge < -0.3 is 4.90 Å². The van der Waals surface area contributed by atoms with Gasteiger partial charge in [-0.05, 0) is 38.3 Å². The molecule has 0 unspecified atom stereocenters. The molecule has 1 saturated heterocycles. The van der Waals surface area contributed by atoms with Crippen LogP contribution in [0.4, 0.5) is 10.7 Å². The molecule has 1 aromatic carbocycles. The van der Waals surface area contributed by atoms with Crippen LogP contribution < -0.4 is 4.90 Å². The lowest BCUT2D eigenvalue weighted by Crippen LogP contribution is -2.36. The van der Waals surface area contributed by atoms with Crippen LogP contribution in [0.3, 0.4) is 0 Å². The number of aromatic nitrogens is 2. The number of urea groups is 1. The van der Waals surface area contributed by atoms with E-state index in [1.54, 1.807) is 17.3 Å². The molecule has 5 nitrogen and oxygen atoms in total. The Bertz CT molecular complexity index is 822. The molecule has 0 N–H and O–H groups in total. The Morgan fingerprint density at radius 1 is 1.04 bits per heavy atom. The fourth-order valence-electron chi connectivity index (χ4n) is 3.79. The van der Waals surface area contributed by atoms with Crippen molar-refractivity contribution < 1.29 is 4.79 Å². The van der Waals surface area contributed by atoms with Gasteiger partial charge >= 0.3 is 6.03 Å². The molecule has 2 aliphatic rings. The zero-order valence-corrected chi connectivity index (χ0v) is 14.2. The highest BCUT2D eigenvalue weighted by Gasteiger charge is 2.48. The smallest absolute Gasteiger partial charge is 0.319 e. The summed E-state index contributed by atoms with van der Waals surface area (Å²) >= 11 is 0. The van der Waals surface area contributed by atoms with Crippen LogP contribution in [-0.4, -0.2) is 39.5 Å². The van der Waals surface area contributed by atoms with E-state index in [2.05, 4.69) is 21.8 Å². The van der Waals surface area contributed by atoms with Crippen molar-refractivity contribution in [2.75, 3.05) is 11.4 Å². The highest BCUT2D eigenvalue weighted by Crippen LogP contribution is 2.36. The molecule has 0 bridgehead atoms. The Hall–Kier alpha value is -2.87. The summed E-state index contributed by atoms with van der Waals surface area (Å²) in [4.78, 5) is 25.2. The highest BCUT2D eigenvalue weighted by atomic mass is 16.2. The first-order valence-corrected chi connectivity index (χ1v) is 8.77. The molecule has 1 saturated carbocycles. The number of rotatable bonds is 2. The van der Waals surface area contributed by atoms with Crippen molar-refractivity contribution in [1.82, 2.24) is 14.9 Å². The van der Waals surface area contributed by atoms with Gasteiger partial charge in [0.05, 0.1) is 17.6 Å². The lowest BCUT2D eigenvalue weighted by molar-refractivity contribution is 0.207. The largest absolute Gasteiger partial charge is 0.327 e. The van der Waals surface area contributed by atoms with Crippen molar-refractivity contribution in [3.8, 4) is 11.8 Å². The number of hydrogen-bond acceptors (Lipinski definition) is 3. The van der Waals surface area contributed by atoms with Gasteiger partial charge in [-0.15, -0.1) is 0 Å². The molecule has 2 heterocycles. The molecule has 126 valence electrons. The molecular weight excluding hydrogens is 312 g/mol. The third-order valence-electron chi connectivity index (χ3n) is 4.95. The van der Waals surface area contributed by atoms with Gasteiger partial charge in [-0.3, -0.25) is 4.90 Å². The van der Waals surface area contributed by atoms with Gasteiger partial charge in [0.15, 0.2) is 0 Å². The molecule has 4 rings (SSSR count). The second-order valence-corrected chi connectivity index (χ2v) is 6.39. The Morgan fingerprint density at radius 3 is 2.44 bits per heavy atom. The van der Waals surface area contributed by atoms with Crippen LogP contribution in [0.5, 0.6) is 0 Å². The molecular formula is C20H20N4O. The summed E-state index contributed by atoms with van der Waals surface area (Å²) in [5, 5.41) is 0. The van der Waals surface area contributed by atoms with Crippen molar-refractivity contribution in [1.29, 1.82) is 0 Å². The number of benzene rings is 1. The van der Waals surface area contributed by atoms with Gasteiger partial charge in [-0.25, -0.2) is 14.8 Å². The predicted octanol–water partition coefficient (Wildman–Crippen LogP) is 3.06. The summed E-state index contributed by atoms with van der Waals surface area (Å²) in [5.41, 5.74) is 1.70. The van der Waals surface area contributed by atoms with Gasteiger partial charge in [-0.1, -0.05) is 30.0 Å². The monoisotopic (exact) mass is 332 g/mol. The van der Waals surface area contributed by atoms with Gasteiger partial charge in [0.1, 0.15) is 0 Å². The molecule has 2 fully saturated rings. The SMILES string of the molecule is CCN1C(=O)N(c2ncc(C#Cc3ccccc3)cn2)[C@H]2CCC[C@H]21. The standard InChI is InChI=1S/C20H20N4O/c1-2-23-17-9-6-10-18(17)24(20(23)25)19-21-13-16(14-22-19)12-11-15-7-4-3-5-8-15/h3-5,7-8,13-14,17-18H,2,6,9-10H2,1H3/t17-,18+/m1/s1. The Labute approximate surface area is 147 Å². The van der Waals surface area contributed by atoms with Gasteiger partial charge in [0.25, 0.3) is 0 Å². The second kappa shape index (κ2) is 6.56. The summed E-state index contributed by atoms with van der Waals surface area (Å²) < 4.78 is 0. The Kier molecular flexibility index (Phi) is 4.10. The topological polar surface area (TPSA) is 49.3 Å². The van der Waals surface area contributed by atoms with E-state index in [-0.39, 0.29) is 12.1 Å². The molecule has 5 heteroatoms. The number of carbonyl (C=O) groups is 1. The van der Waals surface area contributed by atoms with E-state index < -0.39 is 0 Å². The van der Waals surface area contributed by atoms with Crippen molar-refractivity contribution in [2.45, 2.75) is 38.3 Å². The van der Waals surface area contributed by atoms with E-state index >= 15 is 0 Å². The number of fused-ring (bicyclic) bond motifs is 1. The van der Waals surface area contributed by atoms with Crippen molar-refractivity contribution in [3.63, 3.8) is 0 Å². The minimum Gasteiger partial charge on any atom is -0.319 e. The number of amides is 2. The van der Waals surface area contributed by atoms with Gasteiger partial charge in [0.2, 0.25) is 5.95 Å². The zero-order chi connectivity index (χ0) is 17.2. The molecule has 1 aromatic heterocycles. The zero-order valence-electron chi connectivity index (χ0n) is 14.2. The normalized spacial score (nSPS) is 21.9. The fraction of sp³-hybridized carbons (Fsp3) is 0.350. The first-order valence-electron chi connectivity index (χ1n) is 8.77. The highest BCUT2D eigenvalue weighted by molar-refractivity contribution is 5.94. The first kappa shape index (κ1) is 15.6. The average molecular weight is 332 g/mol. The van der Waals surface area contributed by atoms with E-state index in [0.29, 0.717) is 12.0 Å². The van der Waals surface area contributed by atoms with E-state index in [0.717, 1.165) is 36.9 Å². The van der Waals surface area contributed by atoms with Crippen LogP contribution in [0, 0.1) is 11.8 Å². The molecule has 25 heavy (non-hydrogen) atoms. The third-order valence-corrected chi connectivity index (χ3v) is 4.95. The maximum absolute atomic E-state index is 12.7. The first-order chi connectivity index (χ1) is 12.3. The van der Waals surface area contributed by atoms with E-state index in [9.17, 15) is 4.79 Å². The molecule has 2 atom stereocenters. The van der Waals surface area contributed by atoms with Crippen LogP contribution in [0.15, 0.2) is 42.7 Å². The molecule has 2 aromatic rings. The number of nitrogens with zero attached hydrogens (tertiary/aromatic N) is 4. The van der Waals surface area contributed by atoms with Crippen LogP contribution in [0.25, 0.3) is 0 Å². The molecule has 0 radical (unpaired) electrons. The fourth-order valence-corrected chi connectivity index (χ4v) is 3.79. The summed E-state index contributed by atoms with van der Waals surface area (Å²) in [6.45, 7) is 2.76. The Morgan fingerprint density at radius 2 is 1.72 bits per heavy atom. The third kappa shape index (κ3) is 2.85. The van der Waals surface area contributed by atoms with Crippen molar-refractivity contribution in [2.24, 2.45) is 0 Å². The quantitative estimate of drug-likeness (QED) is 0.794. The van der Waals surface area contributed by atoms with Crippen LogP contribution in [-0.2, 0) is 0 Å². The number of carbonyl (C=O) groups excluding carboxylic acids is 1. The van der Waals surface area contributed by atoms with Gasteiger partial charge in [-0.2, -0.15) is 0 Å². The lowest BCUT2D eigenvalue weighted by Gasteiger charge is -2.19. The lowest BCUT2D eigenvalue weighted by atomic mass is 10.2. The molecule has 0 spiro atoms. The maximum atomic E-state index is 12.7. The molecule has 1 aliphatic carbocycles. The number of likely N-dealkylation sites (N-methyl/N-ethyl adjacent to an activating group) is 1. The van der Waals surface area contributed by atoms with Crippen LogP contribution in [0.2, 0.25) is 0 Å². The summed E-state index contributed by atoms with van der Waals surface area (Å²) in [5.74, 6) is 6.65. The average Bonchev–Trinajstić information content (AvgIpc) is 3.21. The van der Waals surface area contributed by atoms with E-state index in [1.807, 2.05) is 42.2 Å². The summed E-state index contributed by atoms with van der Waals surface area (Å²) in [7, 11) is 0. The molecule has 1 aliphatic heterocycles. The van der Waals surface area contributed by atoms with Gasteiger partial charge in [0, 0.05) is 24.5 Å². The van der Waals surface area contributed by atoms with Crippen molar-refractivity contribution in [3.05, 3.63) is 53.9 Å². The van der Waals surface area contributed by atoms with Crippen molar-refractivity contribution >= 4 is 12.0 Å². The van der Waals surface area contributed by atoms with E-state index in [1.165, 1.54) is 0 Å². The predicted molar refractivity (Wildman–Crippen MR) is 96.1 cm³/mol. The Balaban J connectivity index is 1.56. The van der Waals surface area contributed by atoms with Crippen LogP contribution in [0.1, 0.15) is 37.3 Å². The summed E-state index contributed by atoms with van der Waals surface area (Å²) in [6.07, 6.45) is 6.64. The molecule has 2 amide bonds. The van der Waals surface area contributed by atoms with Crippen LogP contribution >= 0.6 is 0 Å². The minimum absolute atomic E-state index is 0.0281. The minimum atomic E-state index is 0.0281.